The van der Waals surface area contributed by atoms with Crippen molar-refractivity contribution in [2.24, 2.45) is 23.7 Å². The van der Waals surface area contributed by atoms with Crippen molar-refractivity contribution < 1.29 is 14.0 Å². The molecule has 3 fully saturated rings. The molecule has 5 heteroatoms. The molecule has 3 aliphatic carbocycles. The third kappa shape index (κ3) is 2.56. The Labute approximate surface area is 136 Å². The van der Waals surface area contributed by atoms with E-state index in [-0.39, 0.29) is 11.8 Å². The number of amides is 2. The molecular formula is C18H24N2O3. The topological polar surface area (TPSA) is 71.3 Å². The number of hydrogen-bond donors (Lipinski definition) is 2. The van der Waals surface area contributed by atoms with Gasteiger partial charge in [-0.1, -0.05) is 6.42 Å². The first-order valence-electron chi connectivity index (χ1n) is 8.77. The van der Waals surface area contributed by atoms with E-state index in [4.69, 9.17) is 4.42 Å². The van der Waals surface area contributed by atoms with E-state index in [9.17, 15) is 9.59 Å². The molecule has 2 bridgehead atoms. The molecule has 2 amide bonds. The Morgan fingerprint density at radius 2 is 2.04 bits per heavy atom. The Hall–Kier alpha value is -1.78. The Bertz CT molecular complexity index is 597. The SMILES string of the molecule is C[C@H](NC(=O)c1ccoc1)C(=O)N[C@@H]1C[C@H]2C[C@H]1[C@H]1CCC[C@H]21. The summed E-state index contributed by atoms with van der Waals surface area (Å²) in [7, 11) is 0. The standard InChI is InChI=1S/C18H24N2O3/c1-10(19-18(22)11-5-6-23-9-11)17(21)20-16-8-12-7-15(16)14-4-2-3-13(12)14/h5-6,9-10,12-16H,2-4,7-8H2,1H3,(H,19,22)(H,20,21)/t10-,12+,13+,14-,15-,16+/m0/s1. The van der Waals surface area contributed by atoms with Gasteiger partial charge in [0, 0.05) is 6.04 Å². The maximum absolute atomic E-state index is 12.4. The number of carbonyl (C=O) groups excluding carboxylic acids is 2. The minimum absolute atomic E-state index is 0.0751. The molecule has 3 saturated carbocycles. The molecule has 2 N–H and O–H groups in total. The van der Waals surface area contributed by atoms with E-state index in [1.165, 1.54) is 38.2 Å². The molecule has 5 nitrogen and oxygen atoms in total. The number of rotatable bonds is 4. The fraction of sp³-hybridized carbons (Fsp3) is 0.667. The summed E-state index contributed by atoms with van der Waals surface area (Å²) in [6.07, 6.45) is 9.34. The number of hydrogen-bond acceptors (Lipinski definition) is 3. The van der Waals surface area contributed by atoms with Crippen LogP contribution in [0.25, 0.3) is 0 Å². The van der Waals surface area contributed by atoms with Crippen LogP contribution in [-0.2, 0) is 4.79 Å². The van der Waals surface area contributed by atoms with Gasteiger partial charge in [0.25, 0.3) is 5.91 Å². The van der Waals surface area contributed by atoms with Crippen molar-refractivity contribution in [3.63, 3.8) is 0 Å². The summed E-state index contributed by atoms with van der Waals surface area (Å²) in [4.78, 5) is 24.4. The fourth-order valence-electron chi connectivity index (χ4n) is 5.28. The lowest BCUT2D eigenvalue weighted by molar-refractivity contribution is -0.123. The van der Waals surface area contributed by atoms with Crippen molar-refractivity contribution in [2.45, 2.75) is 51.1 Å². The summed E-state index contributed by atoms with van der Waals surface area (Å²) in [6, 6.07) is 1.37. The van der Waals surface area contributed by atoms with E-state index < -0.39 is 6.04 Å². The minimum Gasteiger partial charge on any atom is -0.472 e. The van der Waals surface area contributed by atoms with Crippen molar-refractivity contribution in [2.75, 3.05) is 0 Å². The van der Waals surface area contributed by atoms with Gasteiger partial charge in [-0.25, -0.2) is 0 Å². The lowest BCUT2D eigenvalue weighted by Crippen LogP contribution is -2.50. The fourth-order valence-corrected chi connectivity index (χ4v) is 5.28. The second-order valence-electron chi connectivity index (χ2n) is 7.48. The molecular weight excluding hydrogens is 292 g/mol. The monoisotopic (exact) mass is 316 g/mol. The highest BCUT2D eigenvalue weighted by molar-refractivity contribution is 5.97. The molecule has 0 spiro atoms. The molecule has 3 aliphatic rings. The Morgan fingerprint density at radius 3 is 2.83 bits per heavy atom. The van der Waals surface area contributed by atoms with Gasteiger partial charge in [-0.3, -0.25) is 9.59 Å². The van der Waals surface area contributed by atoms with Gasteiger partial charge >= 0.3 is 0 Å². The van der Waals surface area contributed by atoms with Gasteiger partial charge in [0.15, 0.2) is 0 Å². The van der Waals surface area contributed by atoms with E-state index in [0.29, 0.717) is 17.5 Å². The first-order chi connectivity index (χ1) is 11.1. The van der Waals surface area contributed by atoms with Gasteiger partial charge in [-0.2, -0.15) is 0 Å². The van der Waals surface area contributed by atoms with Gasteiger partial charge < -0.3 is 15.1 Å². The second-order valence-corrected chi connectivity index (χ2v) is 7.48. The Morgan fingerprint density at radius 1 is 1.22 bits per heavy atom. The molecule has 124 valence electrons. The maximum Gasteiger partial charge on any atom is 0.255 e. The molecule has 0 radical (unpaired) electrons. The third-order valence-corrected chi connectivity index (χ3v) is 6.28. The van der Waals surface area contributed by atoms with Crippen LogP contribution < -0.4 is 10.6 Å². The first-order valence-corrected chi connectivity index (χ1v) is 8.77. The number of furan rings is 1. The summed E-state index contributed by atoms with van der Waals surface area (Å²) in [6.45, 7) is 1.74. The molecule has 6 atom stereocenters. The molecule has 4 rings (SSSR count). The molecule has 0 unspecified atom stereocenters. The zero-order valence-electron chi connectivity index (χ0n) is 13.5. The molecule has 1 heterocycles. The molecule has 1 aromatic rings. The Balaban J connectivity index is 1.33. The predicted octanol–water partition coefficient (Wildman–Crippen LogP) is 2.34. The second kappa shape index (κ2) is 5.69. The van der Waals surface area contributed by atoms with E-state index in [2.05, 4.69) is 10.6 Å². The van der Waals surface area contributed by atoms with Crippen molar-refractivity contribution >= 4 is 11.8 Å². The van der Waals surface area contributed by atoms with Crippen LogP contribution >= 0.6 is 0 Å². The average Bonchev–Trinajstić information content (AvgIpc) is 3.28. The largest absolute Gasteiger partial charge is 0.472 e. The first kappa shape index (κ1) is 14.8. The van der Waals surface area contributed by atoms with E-state index in [1.54, 1.807) is 13.0 Å². The summed E-state index contributed by atoms with van der Waals surface area (Å²) in [5.74, 6) is 2.88. The van der Waals surface area contributed by atoms with Gasteiger partial charge in [-0.15, -0.1) is 0 Å². The molecule has 1 aromatic heterocycles. The minimum atomic E-state index is -0.532. The van der Waals surface area contributed by atoms with Crippen LogP contribution in [0.2, 0.25) is 0 Å². The average molecular weight is 316 g/mol. The van der Waals surface area contributed by atoms with Crippen molar-refractivity contribution in [3.05, 3.63) is 24.2 Å². The van der Waals surface area contributed by atoms with E-state index >= 15 is 0 Å². The third-order valence-electron chi connectivity index (χ3n) is 6.28. The van der Waals surface area contributed by atoms with Gasteiger partial charge in [-0.05, 0) is 62.3 Å². The quantitative estimate of drug-likeness (QED) is 0.895. The number of carbonyl (C=O) groups is 2. The highest BCUT2D eigenvalue weighted by Crippen LogP contribution is 2.58. The van der Waals surface area contributed by atoms with Crippen LogP contribution in [0.1, 0.15) is 49.4 Å². The summed E-state index contributed by atoms with van der Waals surface area (Å²) < 4.78 is 4.90. The van der Waals surface area contributed by atoms with Gasteiger partial charge in [0.05, 0.1) is 11.8 Å². The van der Waals surface area contributed by atoms with Crippen LogP contribution in [0, 0.1) is 23.7 Å². The van der Waals surface area contributed by atoms with Crippen molar-refractivity contribution in [1.29, 1.82) is 0 Å². The van der Waals surface area contributed by atoms with Crippen LogP contribution in [0.4, 0.5) is 0 Å². The highest BCUT2D eigenvalue weighted by Gasteiger charge is 2.54. The molecule has 0 aliphatic heterocycles. The number of nitrogens with one attached hydrogen (secondary N) is 2. The van der Waals surface area contributed by atoms with Crippen LogP contribution in [0.3, 0.4) is 0 Å². The summed E-state index contributed by atoms with van der Waals surface area (Å²) in [5.41, 5.74) is 0.443. The van der Waals surface area contributed by atoms with Crippen molar-refractivity contribution in [3.8, 4) is 0 Å². The van der Waals surface area contributed by atoms with Crippen LogP contribution in [0.5, 0.6) is 0 Å². The summed E-state index contributed by atoms with van der Waals surface area (Å²) >= 11 is 0. The number of fused-ring (bicyclic) bond motifs is 5. The van der Waals surface area contributed by atoms with Crippen LogP contribution in [0.15, 0.2) is 23.0 Å². The lowest BCUT2D eigenvalue weighted by Gasteiger charge is -2.32. The maximum atomic E-state index is 12.4. The lowest BCUT2D eigenvalue weighted by atomic mass is 9.79. The van der Waals surface area contributed by atoms with Crippen LogP contribution in [-0.4, -0.2) is 23.9 Å². The summed E-state index contributed by atoms with van der Waals surface area (Å²) in [5, 5.41) is 5.93. The molecule has 0 aromatic carbocycles. The van der Waals surface area contributed by atoms with E-state index in [1.807, 2.05) is 0 Å². The Kier molecular flexibility index (Phi) is 3.66. The zero-order chi connectivity index (χ0) is 16.0. The predicted molar refractivity (Wildman–Crippen MR) is 84.6 cm³/mol. The normalized spacial score (nSPS) is 35.8. The highest BCUT2D eigenvalue weighted by atomic mass is 16.3. The van der Waals surface area contributed by atoms with Crippen molar-refractivity contribution in [1.82, 2.24) is 10.6 Å². The van der Waals surface area contributed by atoms with Gasteiger partial charge in [0.2, 0.25) is 5.91 Å². The van der Waals surface area contributed by atoms with E-state index in [0.717, 1.165) is 24.2 Å². The van der Waals surface area contributed by atoms with Gasteiger partial charge in [0.1, 0.15) is 12.3 Å². The smallest absolute Gasteiger partial charge is 0.255 e. The molecule has 23 heavy (non-hydrogen) atoms. The zero-order valence-corrected chi connectivity index (χ0v) is 13.5. The molecule has 0 saturated heterocycles.